The molecule has 4 nitrogen and oxygen atoms in total. The van der Waals surface area contributed by atoms with Gasteiger partial charge in [0.05, 0.1) is 7.11 Å². The van der Waals surface area contributed by atoms with E-state index in [1.807, 2.05) is 6.19 Å². The van der Waals surface area contributed by atoms with Crippen molar-refractivity contribution in [3.63, 3.8) is 0 Å². The van der Waals surface area contributed by atoms with E-state index in [4.69, 9.17) is 5.26 Å². The zero-order valence-corrected chi connectivity index (χ0v) is 5.70. The Balaban J connectivity index is 2.44. The van der Waals surface area contributed by atoms with E-state index in [-0.39, 0.29) is 12.0 Å². The first kappa shape index (κ1) is 6.87. The van der Waals surface area contributed by atoms with E-state index in [0.29, 0.717) is 6.54 Å². The Bertz CT molecular complexity index is 185. The van der Waals surface area contributed by atoms with Gasteiger partial charge in [0, 0.05) is 6.54 Å². The summed E-state index contributed by atoms with van der Waals surface area (Å²) in [6.07, 6.45) is 2.64. The second kappa shape index (κ2) is 2.56. The molecule has 0 N–H and O–H groups in total. The maximum atomic E-state index is 10.7. The normalized spacial score (nSPS) is 22.8. The molecule has 0 aromatic carbocycles. The van der Waals surface area contributed by atoms with E-state index in [1.54, 1.807) is 0 Å². The van der Waals surface area contributed by atoms with Gasteiger partial charge in [0.25, 0.3) is 0 Å². The van der Waals surface area contributed by atoms with Crippen LogP contribution in [0.15, 0.2) is 0 Å². The van der Waals surface area contributed by atoms with E-state index in [1.165, 1.54) is 12.0 Å². The molecule has 1 heterocycles. The maximum absolute atomic E-state index is 10.7. The van der Waals surface area contributed by atoms with Gasteiger partial charge in [0.1, 0.15) is 6.04 Å². The molecule has 0 aromatic rings. The molecule has 1 aliphatic rings. The highest BCUT2D eigenvalue weighted by Gasteiger charge is 2.34. The van der Waals surface area contributed by atoms with Gasteiger partial charge in [0.15, 0.2) is 6.19 Å². The second-order valence-electron chi connectivity index (χ2n) is 2.12. The lowest BCUT2D eigenvalue weighted by Gasteiger charge is -2.33. The fourth-order valence-corrected chi connectivity index (χ4v) is 0.888. The average Bonchev–Trinajstić information content (AvgIpc) is 1.86. The van der Waals surface area contributed by atoms with E-state index in [2.05, 4.69) is 4.74 Å². The Kier molecular flexibility index (Phi) is 1.76. The Labute approximate surface area is 59.0 Å². The number of rotatable bonds is 1. The van der Waals surface area contributed by atoms with Crippen molar-refractivity contribution in [1.29, 1.82) is 5.26 Å². The first-order chi connectivity index (χ1) is 4.79. The highest BCUT2D eigenvalue weighted by Crippen LogP contribution is 2.16. The Hall–Kier alpha value is -1.24. The zero-order chi connectivity index (χ0) is 7.56. The zero-order valence-electron chi connectivity index (χ0n) is 5.70. The van der Waals surface area contributed by atoms with Crippen LogP contribution >= 0.6 is 0 Å². The first-order valence-corrected chi connectivity index (χ1v) is 3.04. The third kappa shape index (κ3) is 0.903. The third-order valence-corrected chi connectivity index (χ3v) is 1.62. The van der Waals surface area contributed by atoms with Gasteiger partial charge in [-0.15, -0.1) is 0 Å². The number of methoxy groups -OCH3 is 1. The molecule has 0 aromatic heterocycles. The third-order valence-electron chi connectivity index (χ3n) is 1.62. The van der Waals surface area contributed by atoms with Crippen LogP contribution < -0.4 is 0 Å². The topological polar surface area (TPSA) is 53.3 Å². The summed E-state index contributed by atoms with van der Waals surface area (Å²) in [6, 6.07) is -0.310. The number of carbonyl (C=O) groups is 1. The van der Waals surface area contributed by atoms with Crippen LogP contribution in [0.4, 0.5) is 0 Å². The van der Waals surface area contributed by atoms with Crippen LogP contribution in [0, 0.1) is 11.5 Å². The van der Waals surface area contributed by atoms with Gasteiger partial charge in [-0.1, -0.05) is 0 Å². The van der Waals surface area contributed by atoms with Gasteiger partial charge in [-0.05, 0) is 6.42 Å². The van der Waals surface area contributed by atoms with E-state index in [0.717, 1.165) is 6.42 Å². The van der Waals surface area contributed by atoms with Crippen LogP contribution in [0.25, 0.3) is 0 Å². The summed E-state index contributed by atoms with van der Waals surface area (Å²) in [4.78, 5) is 12.2. The number of esters is 1. The summed E-state index contributed by atoms with van der Waals surface area (Å²) >= 11 is 0. The second-order valence-corrected chi connectivity index (χ2v) is 2.12. The van der Waals surface area contributed by atoms with Crippen molar-refractivity contribution in [2.75, 3.05) is 13.7 Å². The van der Waals surface area contributed by atoms with Crippen LogP contribution in [0.5, 0.6) is 0 Å². The number of hydrogen-bond acceptors (Lipinski definition) is 4. The molecule has 1 fully saturated rings. The lowest BCUT2D eigenvalue weighted by Crippen LogP contribution is -2.49. The number of nitrogens with zero attached hydrogens (tertiary/aromatic N) is 2. The lowest BCUT2D eigenvalue weighted by atomic mass is 10.1. The molecule has 0 spiro atoms. The summed E-state index contributed by atoms with van der Waals surface area (Å²) < 4.78 is 4.45. The fraction of sp³-hybridized carbons (Fsp3) is 0.667. The van der Waals surface area contributed by atoms with Crippen molar-refractivity contribution >= 4 is 5.97 Å². The molecule has 1 saturated heterocycles. The summed E-state index contributed by atoms with van der Waals surface area (Å²) in [6.45, 7) is 0.677. The predicted octanol–water partition coefficient (Wildman–Crippen LogP) is -0.285. The maximum Gasteiger partial charge on any atom is 0.329 e. The minimum atomic E-state index is -0.312. The molecule has 0 unspecified atom stereocenters. The van der Waals surface area contributed by atoms with Crippen molar-refractivity contribution in [3.05, 3.63) is 0 Å². The van der Waals surface area contributed by atoms with E-state index >= 15 is 0 Å². The summed E-state index contributed by atoms with van der Waals surface area (Å²) in [7, 11) is 1.33. The first-order valence-electron chi connectivity index (χ1n) is 3.04. The van der Waals surface area contributed by atoms with Crippen molar-refractivity contribution < 1.29 is 9.53 Å². The van der Waals surface area contributed by atoms with Crippen LogP contribution in [-0.4, -0.2) is 30.6 Å². The standard InChI is InChI=1S/C6H8N2O2/c1-10-6(9)5-2-3-8(5)4-7/h5H,2-3H2,1H3/t5-/m0/s1. The number of likely N-dealkylation sites (tertiary alicyclic amines) is 1. The van der Waals surface area contributed by atoms with Crippen molar-refractivity contribution in [2.24, 2.45) is 0 Å². The summed E-state index contributed by atoms with van der Waals surface area (Å²) in [5.74, 6) is -0.312. The number of ether oxygens (including phenoxy) is 1. The van der Waals surface area contributed by atoms with Crippen LogP contribution in [0.3, 0.4) is 0 Å². The Morgan fingerprint density at radius 2 is 2.60 bits per heavy atom. The van der Waals surface area contributed by atoms with Gasteiger partial charge in [-0.2, -0.15) is 5.26 Å². The fourth-order valence-electron chi connectivity index (χ4n) is 0.888. The Morgan fingerprint density at radius 3 is 2.90 bits per heavy atom. The van der Waals surface area contributed by atoms with Crippen molar-refractivity contribution in [1.82, 2.24) is 4.90 Å². The van der Waals surface area contributed by atoms with Gasteiger partial charge in [0.2, 0.25) is 0 Å². The van der Waals surface area contributed by atoms with Gasteiger partial charge < -0.3 is 4.74 Å². The van der Waals surface area contributed by atoms with Crippen LogP contribution in [-0.2, 0) is 9.53 Å². The SMILES string of the molecule is COC(=O)[C@@H]1CCN1C#N. The minimum absolute atomic E-state index is 0.310. The van der Waals surface area contributed by atoms with Gasteiger partial charge in [-0.25, -0.2) is 4.79 Å². The van der Waals surface area contributed by atoms with Gasteiger partial charge in [-0.3, -0.25) is 4.90 Å². The Morgan fingerprint density at radius 1 is 1.90 bits per heavy atom. The monoisotopic (exact) mass is 140 g/mol. The number of hydrogen-bond donors (Lipinski definition) is 0. The van der Waals surface area contributed by atoms with E-state index in [9.17, 15) is 4.79 Å². The van der Waals surface area contributed by atoms with Crippen molar-refractivity contribution in [3.8, 4) is 6.19 Å². The molecule has 54 valence electrons. The van der Waals surface area contributed by atoms with Crippen LogP contribution in [0.2, 0.25) is 0 Å². The highest BCUT2D eigenvalue weighted by molar-refractivity contribution is 5.76. The lowest BCUT2D eigenvalue weighted by molar-refractivity contribution is -0.149. The van der Waals surface area contributed by atoms with E-state index < -0.39 is 0 Å². The van der Waals surface area contributed by atoms with Gasteiger partial charge >= 0.3 is 5.97 Å². The molecule has 0 saturated carbocycles. The summed E-state index contributed by atoms with van der Waals surface area (Å²) in [5, 5.41) is 8.37. The smallest absolute Gasteiger partial charge is 0.329 e. The molecule has 1 aliphatic heterocycles. The number of nitriles is 1. The molecule has 10 heavy (non-hydrogen) atoms. The largest absolute Gasteiger partial charge is 0.467 e. The quantitative estimate of drug-likeness (QED) is 0.371. The molecule has 1 atom stereocenters. The molecule has 4 heteroatoms. The molecule has 0 bridgehead atoms. The molecule has 0 radical (unpaired) electrons. The summed E-state index contributed by atoms with van der Waals surface area (Å²) in [5.41, 5.74) is 0. The van der Waals surface area contributed by atoms with Crippen molar-refractivity contribution in [2.45, 2.75) is 12.5 Å². The number of carbonyl (C=O) groups excluding carboxylic acids is 1. The van der Waals surface area contributed by atoms with Crippen LogP contribution in [0.1, 0.15) is 6.42 Å². The minimum Gasteiger partial charge on any atom is -0.467 e. The molecule has 0 amide bonds. The molecular formula is C6H8N2O2. The highest BCUT2D eigenvalue weighted by atomic mass is 16.5. The molecule has 0 aliphatic carbocycles. The molecule has 1 rings (SSSR count). The average molecular weight is 140 g/mol. The molecular weight excluding hydrogens is 132 g/mol. The predicted molar refractivity (Wildman–Crippen MR) is 32.7 cm³/mol.